The van der Waals surface area contributed by atoms with Crippen LogP contribution in [0.25, 0.3) is 10.9 Å². The summed E-state index contributed by atoms with van der Waals surface area (Å²) in [5, 5.41) is 5.17. The highest BCUT2D eigenvalue weighted by atomic mass is 16.5. The van der Waals surface area contributed by atoms with E-state index in [1.54, 1.807) is 25.1 Å². The molecule has 2 heterocycles. The first kappa shape index (κ1) is 18.7. The minimum atomic E-state index is -0.815. The Labute approximate surface area is 154 Å². The van der Waals surface area contributed by atoms with Gasteiger partial charge in [0.25, 0.3) is 5.56 Å². The van der Waals surface area contributed by atoms with Crippen LogP contribution in [0.15, 0.2) is 23.0 Å². The summed E-state index contributed by atoms with van der Waals surface area (Å²) < 4.78 is 6.17. The van der Waals surface area contributed by atoms with Gasteiger partial charge in [-0.3, -0.25) is 29.1 Å². The van der Waals surface area contributed by atoms with Crippen molar-refractivity contribution in [1.29, 1.82) is 0 Å². The zero-order valence-electron chi connectivity index (χ0n) is 15.1. The van der Waals surface area contributed by atoms with E-state index >= 15 is 0 Å². The van der Waals surface area contributed by atoms with Crippen molar-refractivity contribution in [1.82, 2.24) is 14.9 Å². The molecule has 1 aliphatic rings. The number of hydrogen-bond acceptors (Lipinski definition) is 6. The van der Waals surface area contributed by atoms with Gasteiger partial charge >= 0.3 is 0 Å². The second kappa shape index (κ2) is 7.67. The maximum atomic E-state index is 13.2. The summed E-state index contributed by atoms with van der Waals surface area (Å²) in [6, 6.07) is 4.16. The maximum absolute atomic E-state index is 13.2. The van der Waals surface area contributed by atoms with E-state index in [1.165, 1.54) is 11.7 Å². The molecule has 3 amide bonds. The standard InChI is InChI=1S/C18H20N4O5/c1-10-19-11-4-3-5-12(20-15(24)8-9-27-2)16(11)18(26)22(10)13-6-7-14(23)21-17(13)25/h3-5,13H,6-9H2,1-2H3,(H,20,24)(H,21,23,25). The maximum Gasteiger partial charge on any atom is 0.264 e. The van der Waals surface area contributed by atoms with Gasteiger partial charge in [0.15, 0.2) is 0 Å². The van der Waals surface area contributed by atoms with Crippen molar-refractivity contribution in [3.8, 4) is 0 Å². The fourth-order valence-electron chi connectivity index (χ4n) is 3.16. The Morgan fingerprint density at radius 1 is 1.37 bits per heavy atom. The zero-order chi connectivity index (χ0) is 19.6. The van der Waals surface area contributed by atoms with Crippen LogP contribution in [-0.4, -0.2) is 41.0 Å². The Morgan fingerprint density at radius 2 is 2.15 bits per heavy atom. The van der Waals surface area contributed by atoms with Gasteiger partial charge in [0, 0.05) is 13.5 Å². The summed E-state index contributed by atoms with van der Waals surface area (Å²) in [6.45, 7) is 1.89. The van der Waals surface area contributed by atoms with E-state index in [4.69, 9.17) is 4.74 Å². The number of fused-ring (bicyclic) bond motifs is 1. The molecule has 2 N–H and O–H groups in total. The number of aryl methyl sites for hydroxylation is 1. The summed E-state index contributed by atoms with van der Waals surface area (Å²) in [5.41, 5.74) is 0.312. The first-order valence-corrected chi connectivity index (χ1v) is 8.56. The minimum Gasteiger partial charge on any atom is -0.384 e. The van der Waals surface area contributed by atoms with Gasteiger partial charge in [0.2, 0.25) is 17.7 Å². The van der Waals surface area contributed by atoms with Crippen LogP contribution in [0.2, 0.25) is 0 Å². The summed E-state index contributed by atoms with van der Waals surface area (Å²) >= 11 is 0. The molecule has 3 rings (SSSR count). The van der Waals surface area contributed by atoms with E-state index in [0.717, 1.165) is 0 Å². The molecule has 142 valence electrons. The van der Waals surface area contributed by atoms with Crippen LogP contribution in [0.1, 0.15) is 31.1 Å². The van der Waals surface area contributed by atoms with Gasteiger partial charge in [-0.1, -0.05) is 6.07 Å². The van der Waals surface area contributed by atoms with E-state index in [0.29, 0.717) is 17.0 Å². The third-order valence-electron chi connectivity index (χ3n) is 4.44. The van der Waals surface area contributed by atoms with Crippen molar-refractivity contribution in [2.24, 2.45) is 0 Å². The molecular formula is C18H20N4O5. The summed E-state index contributed by atoms with van der Waals surface area (Å²) in [4.78, 5) is 53.3. The molecule has 9 heteroatoms. The lowest BCUT2D eigenvalue weighted by atomic mass is 10.1. The third kappa shape index (κ3) is 3.72. The number of aromatic nitrogens is 2. The average molecular weight is 372 g/mol. The molecule has 1 aliphatic heterocycles. The number of nitrogens with zero attached hydrogens (tertiary/aromatic N) is 2. The predicted molar refractivity (Wildman–Crippen MR) is 97.3 cm³/mol. The molecule has 9 nitrogen and oxygen atoms in total. The van der Waals surface area contributed by atoms with Crippen LogP contribution in [0.3, 0.4) is 0 Å². The average Bonchev–Trinajstić information content (AvgIpc) is 2.61. The molecule has 1 saturated heterocycles. The SMILES string of the molecule is COCCC(=O)Nc1cccc2nc(C)n(C3CCC(=O)NC3=O)c(=O)c12. The normalized spacial score (nSPS) is 17.0. The van der Waals surface area contributed by atoms with Crippen molar-refractivity contribution in [3.63, 3.8) is 0 Å². The van der Waals surface area contributed by atoms with Gasteiger partial charge in [-0.25, -0.2) is 4.98 Å². The fraction of sp³-hybridized carbons (Fsp3) is 0.389. The molecule has 1 unspecified atom stereocenters. The predicted octanol–water partition coefficient (Wildman–Crippen LogP) is 0.658. The summed E-state index contributed by atoms with van der Waals surface area (Å²) in [6.07, 6.45) is 0.518. The Morgan fingerprint density at radius 3 is 2.85 bits per heavy atom. The number of imide groups is 1. The molecule has 1 fully saturated rings. The highest BCUT2D eigenvalue weighted by molar-refractivity contribution is 6.01. The Bertz CT molecular complexity index is 982. The van der Waals surface area contributed by atoms with Crippen LogP contribution in [0.5, 0.6) is 0 Å². The van der Waals surface area contributed by atoms with Crippen LogP contribution in [0.4, 0.5) is 5.69 Å². The first-order valence-electron chi connectivity index (χ1n) is 8.56. The van der Waals surface area contributed by atoms with Crippen molar-refractivity contribution >= 4 is 34.3 Å². The minimum absolute atomic E-state index is 0.146. The lowest BCUT2D eigenvalue weighted by Crippen LogP contribution is -2.45. The molecule has 1 aromatic heterocycles. The van der Waals surface area contributed by atoms with Gasteiger partial charge in [0.1, 0.15) is 11.9 Å². The van der Waals surface area contributed by atoms with Crippen LogP contribution >= 0.6 is 0 Å². The molecule has 0 aliphatic carbocycles. The van der Waals surface area contributed by atoms with Gasteiger partial charge < -0.3 is 10.1 Å². The molecule has 2 aromatic rings. The molecule has 0 radical (unpaired) electrons. The Kier molecular flexibility index (Phi) is 5.31. The Hall–Kier alpha value is -3.07. The van der Waals surface area contributed by atoms with Gasteiger partial charge in [0.05, 0.1) is 29.6 Å². The van der Waals surface area contributed by atoms with Crippen molar-refractivity contribution in [3.05, 3.63) is 34.4 Å². The Balaban J connectivity index is 2.08. The molecule has 1 aromatic carbocycles. The number of methoxy groups -OCH3 is 1. The molecule has 0 spiro atoms. The monoisotopic (exact) mass is 372 g/mol. The lowest BCUT2D eigenvalue weighted by molar-refractivity contribution is -0.135. The molecule has 27 heavy (non-hydrogen) atoms. The van der Waals surface area contributed by atoms with Gasteiger partial charge in [-0.15, -0.1) is 0 Å². The van der Waals surface area contributed by atoms with E-state index in [9.17, 15) is 19.2 Å². The smallest absolute Gasteiger partial charge is 0.264 e. The number of carbonyl (C=O) groups excluding carboxylic acids is 3. The molecular weight excluding hydrogens is 352 g/mol. The highest BCUT2D eigenvalue weighted by Gasteiger charge is 2.30. The number of ether oxygens (including phenoxy) is 1. The van der Waals surface area contributed by atoms with E-state index in [-0.39, 0.29) is 43.1 Å². The number of hydrogen-bond donors (Lipinski definition) is 2. The topological polar surface area (TPSA) is 119 Å². The largest absolute Gasteiger partial charge is 0.384 e. The van der Waals surface area contributed by atoms with Crippen molar-refractivity contribution in [2.45, 2.75) is 32.2 Å². The second-order valence-electron chi connectivity index (χ2n) is 6.29. The zero-order valence-corrected chi connectivity index (χ0v) is 15.1. The quantitative estimate of drug-likeness (QED) is 0.744. The molecule has 0 bridgehead atoms. The number of carbonyl (C=O) groups is 3. The van der Waals surface area contributed by atoms with E-state index < -0.39 is 17.5 Å². The third-order valence-corrected chi connectivity index (χ3v) is 4.44. The summed E-state index contributed by atoms with van der Waals surface area (Å²) in [7, 11) is 1.50. The highest BCUT2D eigenvalue weighted by Crippen LogP contribution is 2.23. The second-order valence-corrected chi connectivity index (χ2v) is 6.29. The van der Waals surface area contributed by atoms with Crippen molar-refractivity contribution in [2.75, 3.05) is 19.0 Å². The number of nitrogens with one attached hydrogen (secondary N) is 2. The number of benzene rings is 1. The number of amides is 3. The van der Waals surface area contributed by atoms with Gasteiger partial charge in [-0.2, -0.15) is 0 Å². The van der Waals surface area contributed by atoms with E-state index in [1.807, 2.05) is 0 Å². The van der Waals surface area contributed by atoms with Crippen LogP contribution in [-0.2, 0) is 19.1 Å². The number of rotatable bonds is 5. The first-order chi connectivity index (χ1) is 12.9. The van der Waals surface area contributed by atoms with Crippen LogP contribution < -0.4 is 16.2 Å². The van der Waals surface area contributed by atoms with Gasteiger partial charge in [-0.05, 0) is 25.5 Å². The number of piperidine rings is 1. The number of anilines is 1. The summed E-state index contributed by atoms with van der Waals surface area (Å²) in [5.74, 6) is -0.817. The molecule has 0 saturated carbocycles. The van der Waals surface area contributed by atoms with E-state index in [2.05, 4.69) is 15.6 Å². The molecule has 1 atom stereocenters. The van der Waals surface area contributed by atoms with Crippen LogP contribution in [0, 0.1) is 6.92 Å². The fourth-order valence-corrected chi connectivity index (χ4v) is 3.16. The lowest BCUT2D eigenvalue weighted by Gasteiger charge is -2.24. The van der Waals surface area contributed by atoms with Crippen molar-refractivity contribution < 1.29 is 19.1 Å².